The van der Waals surface area contributed by atoms with E-state index in [1.165, 1.54) is 6.07 Å². The van der Waals surface area contributed by atoms with Crippen LogP contribution < -0.4 is 0 Å². The molecule has 1 aromatic carbocycles. The molecule has 18 heavy (non-hydrogen) atoms. The monoisotopic (exact) mass is 253 g/mol. The number of alkyl halides is 3. The summed E-state index contributed by atoms with van der Waals surface area (Å²) in [6, 6.07) is 8.31. The van der Waals surface area contributed by atoms with Crippen LogP contribution in [-0.2, 0) is 12.7 Å². The molecule has 0 aliphatic carbocycles. The fourth-order valence-electron chi connectivity index (χ4n) is 1.79. The number of halogens is 3. The Morgan fingerprint density at radius 1 is 1.39 bits per heavy atom. The zero-order valence-electron chi connectivity index (χ0n) is 9.57. The molecule has 0 N–H and O–H groups in total. The number of para-hydroxylation sites is 2. The third-order valence-electron chi connectivity index (χ3n) is 2.58. The van der Waals surface area contributed by atoms with Crippen molar-refractivity contribution in [3.63, 3.8) is 0 Å². The molecule has 94 valence electrons. The van der Waals surface area contributed by atoms with Gasteiger partial charge in [-0.1, -0.05) is 12.1 Å². The van der Waals surface area contributed by atoms with E-state index < -0.39 is 17.9 Å². The van der Waals surface area contributed by atoms with E-state index in [0.717, 1.165) is 4.57 Å². The van der Waals surface area contributed by atoms with Crippen LogP contribution in [0.2, 0.25) is 0 Å². The lowest BCUT2D eigenvalue weighted by Gasteiger charge is -2.12. The lowest BCUT2D eigenvalue weighted by Crippen LogP contribution is -2.17. The number of nitrogens with zero attached hydrogens (tertiary/aromatic N) is 3. The van der Waals surface area contributed by atoms with Crippen LogP contribution in [0.5, 0.6) is 0 Å². The lowest BCUT2D eigenvalue weighted by atomic mass is 10.2. The summed E-state index contributed by atoms with van der Waals surface area (Å²) in [4.78, 5) is 3.60. The molecule has 0 spiro atoms. The Labute approximate surface area is 101 Å². The molecule has 0 saturated heterocycles. The van der Waals surface area contributed by atoms with Gasteiger partial charge in [-0.2, -0.15) is 18.4 Å². The molecule has 0 saturated carbocycles. The predicted octanol–water partition coefficient (Wildman–Crippen LogP) is 3.21. The molecule has 0 aliphatic rings. The van der Waals surface area contributed by atoms with Gasteiger partial charge in [-0.15, -0.1) is 0 Å². The Morgan fingerprint density at radius 3 is 2.67 bits per heavy atom. The highest BCUT2D eigenvalue weighted by atomic mass is 19.4. The average molecular weight is 253 g/mol. The van der Waals surface area contributed by atoms with E-state index >= 15 is 0 Å². The summed E-state index contributed by atoms with van der Waals surface area (Å²) < 4.78 is 39.7. The van der Waals surface area contributed by atoms with E-state index in [4.69, 9.17) is 5.26 Å². The van der Waals surface area contributed by atoms with Crippen molar-refractivity contribution in [2.45, 2.75) is 19.6 Å². The summed E-state index contributed by atoms with van der Waals surface area (Å²) in [5.74, 6) is -1.46. The van der Waals surface area contributed by atoms with E-state index in [9.17, 15) is 13.2 Å². The van der Waals surface area contributed by atoms with E-state index in [1.807, 2.05) is 6.07 Å². The zero-order valence-corrected chi connectivity index (χ0v) is 9.57. The Bertz CT molecular complexity index is 607. The molecule has 1 atom stereocenters. The fourth-order valence-corrected chi connectivity index (χ4v) is 1.79. The molecule has 2 rings (SSSR count). The summed E-state index contributed by atoms with van der Waals surface area (Å²) in [6.07, 6.45) is -4.52. The van der Waals surface area contributed by atoms with Gasteiger partial charge < -0.3 is 4.57 Å². The third-order valence-corrected chi connectivity index (χ3v) is 2.58. The molecule has 1 aromatic heterocycles. The number of imidazole rings is 1. The lowest BCUT2D eigenvalue weighted by molar-refractivity contribution is -0.147. The van der Waals surface area contributed by atoms with Gasteiger partial charge in [-0.25, -0.2) is 4.98 Å². The zero-order chi connectivity index (χ0) is 13.3. The maximum absolute atomic E-state index is 12.9. The van der Waals surface area contributed by atoms with Gasteiger partial charge >= 0.3 is 6.18 Å². The van der Waals surface area contributed by atoms with E-state index in [0.29, 0.717) is 5.52 Å². The molecule has 1 heterocycles. The maximum atomic E-state index is 12.9. The SMILES string of the molecule is CC(C#N)Cn1c(C(F)(F)F)nc2ccccc21. The van der Waals surface area contributed by atoms with Gasteiger partial charge in [0.05, 0.1) is 23.0 Å². The van der Waals surface area contributed by atoms with E-state index in [-0.39, 0.29) is 12.1 Å². The quantitative estimate of drug-likeness (QED) is 0.824. The summed E-state index contributed by atoms with van der Waals surface area (Å²) in [5, 5.41) is 8.73. The van der Waals surface area contributed by atoms with Crippen LogP contribution in [0.1, 0.15) is 12.7 Å². The van der Waals surface area contributed by atoms with Crippen LogP contribution in [0.15, 0.2) is 24.3 Å². The Balaban J connectivity index is 2.62. The number of hydrogen-bond acceptors (Lipinski definition) is 2. The number of fused-ring (bicyclic) bond motifs is 1. The van der Waals surface area contributed by atoms with Gasteiger partial charge in [0.25, 0.3) is 0 Å². The summed E-state index contributed by atoms with van der Waals surface area (Å²) in [7, 11) is 0. The fraction of sp³-hybridized carbons (Fsp3) is 0.333. The van der Waals surface area contributed by atoms with E-state index in [1.54, 1.807) is 25.1 Å². The second-order valence-electron chi connectivity index (χ2n) is 4.06. The normalized spacial score (nSPS) is 13.5. The van der Waals surface area contributed by atoms with Gasteiger partial charge in [0.2, 0.25) is 5.82 Å². The molecule has 0 amide bonds. The molecule has 0 aliphatic heterocycles. The second-order valence-corrected chi connectivity index (χ2v) is 4.06. The number of aromatic nitrogens is 2. The molecule has 0 radical (unpaired) electrons. The van der Waals surface area contributed by atoms with Gasteiger partial charge in [0.1, 0.15) is 0 Å². The van der Waals surface area contributed by atoms with Crippen molar-refractivity contribution in [2.75, 3.05) is 0 Å². The van der Waals surface area contributed by atoms with Crippen LogP contribution in [-0.4, -0.2) is 9.55 Å². The highest BCUT2D eigenvalue weighted by Gasteiger charge is 2.37. The maximum Gasteiger partial charge on any atom is 0.449 e. The predicted molar refractivity (Wildman–Crippen MR) is 59.5 cm³/mol. The van der Waals surface area contributed by atoms with Crippen molar-refractivity contribution in [1.29, 1.82) is 5.26 Å². The number of rotatable bonds is 2. The molecule has 0 bridgehead atoms. The third kappa shape index (κ3) is 2.16. The van der Waals surface area contributed by atoms with Gasteiger partial charge in [-0.05, 0) is 19.1 Å². The topological polar surface area (TPSA) is 41.6 Å². The molecule has 0 fully saturated rings. The second kappa shape index (κ2) is 4.33. The number of hydrogen-bond donors (Lipinski definition) is 0. The molecule has 2 aromatic rings. The minimum absolute atomic E-state index is 0.0220. The van der Waals surface area contributed by atoms with Crippen molar-refractivity contribution in [3.8, 4) is 6.07 Å². The molecule has 1 unspecified atom stereocenters. The first-order valence-electron chi connectivity index (χ1n) is 5.35. The molecule has 3 nitrogen and oxygen atoms in total. The molecular weight excluding hydrogens is 243 g/mol. The van der Waals surface area contributed by atoms with Crippen LogP contribution in [0, 0.1) is 17.2 Å². The van der Waals surface area contributed by atoms with Crippen molar-refractivity contribution in [3.05, 3.63) is 30.1 Å². The average Bonchev–Trinajstić information content (AvgIpc) is 2.68. The van der Waals surface area contributed by atoms with Gasteiger partial charge in [0.15, 0.2) is 0 Å². The van der Waals surface area contributed by atoms with Crippen LogP contribution in [0.3, 0.4) is 0 Å². The standard InChI is InChI=1S/C12H10F3N3/c1-8(6-16)7-18-10-5-3-2-4-9(10)17-11(18)12(13,14)15/h2-5,8H,7H2,1H3. The van der Waals surface area contributed by atoms with Crippen molar-refractivity contribution in [1.82, 2.24) is 9.55 Å². The van der Waals surface area contributed by atoms with Gasteiger partial charge in [-0.3, -0.25) is 0 Å². The summed E-state index contributed by atoms with van der Waals surface area (Å²) in [5.41, 5.74) is 0.682. The Kier molecular flexibility index (Phi) is 2.99. The van der Waals surface area contributed by atoms with Crippen LogP contribution in [0.4, 0.5) is 13.2 Å². The van der Waals surface area contributed by atoms with Gasteiger partial charge in [0, 0.05) is 6.54 Å². The highest BCUT2D eigenvalue weighted by Crippen LogP contribution is 2.31. The summed E-state index contributed by atoms with van der Waals surface area (Å²) >= 11 is 0. The van der Waals surface area contributed by atoms with Crippen molar-refractivity contribution in [2.24, 2.45) is 5.92 Å². The Hall–Kier alpha value is -2.03. The smallest absolute Gasteiger partial charge is 0.319 e. The first-order chi connectivity index (χ1) is 8.43. The first kappa shape index (κ1) is 12.4. The molecule has 6 heteroatoms. The Morgan fingerprint density at radius 2 is 2.06 bits per heavy atom. The van der Waals surface area contributed by atoms with Crippen LogP contribution in [0.25, 0.3) is 11.0 Å². The van der Waals surface area contributed by atoms with E-state index in [2.05, 4.69) is 4.98 Å². The molecular formula is C12H10F3N3. The van der Waals surface area contributed by atoms with Crippen molar-refractivity contribution < 1.29 is 13.2 Å². The minimum Gasteiger partial charge on any atom is -0.319 e. The van der Waals surface area contributed by atoms with Crippen molar-refractivity contribution >= 4 is 11.0 Å². The largest absolute Gasteiger partial charge is 0.449 e. The highest BCUT2D eigenvalue weighted by molar-refractivity contribution is 5.76. The number of benzene rings is 1. The number of nitriles is 1. The minimum atomic E-state index is -4.52. The summed E-state index contributed by atoms with van der Waals surface area (Å²) in [6.45, 7) is 1.56. The first-order valence-corrected chi connectivity index (χ1v) is 5.35. The van der Waals surface area contributed by atoms with Crippen LogP contribution >= 0.6 is 0 Å².